The van der Waals surface area contributed by atoms with Gasteiger partial charge in [0.25, 0.3) is 0 Å². The summed E-state index contributed by atoms with van der Waals surface area (Å²) < 4.78 is 18.3. The summed E-state index contributed by atoms with van der Waals surface area (Å²) in [6.45, 7) is 0.109. The number of carboxylic acid groups (broad SMARTS) is 1. The van der Waals surface area contributed by atoms with Gasteiger partial charge in [-0.05, 0) is 12.1 Å². The molecule has 0 aliphatic carbocycles. The van der Waals surface area contributed by atoms with Crippen LogP contribution in [0, 0.1) is 5.82 Å². The SMILES string of the molecule is O=C(O)c1cc(CNc2cccc(Cl)c2F)on1. The Kier molecular flexibility index (Phi) is 3.47. The van der Waals surface area contributed by atoms with Gasteiger partial charge in [-0.3, -0.25) is 0 Å². The molecule has 0 saturated carbocycles. The van der Waals surface area contributed by atoms with Crippen molar-refractivity contribution in [3.05, 3.63) is 46.6 Å². The number of hydrogen-bond donors (Lipinski definition) is 2. The molecule has 0 saturated heterocycles. The van der Waals surface area contributed by atoms with Gasteiger partial charge in [-0.15, -0.1) is 0 Å². The molecule has 1 heterocycles. The maximum absolute atomic E-state index is 13.5. The lowest BCUT2D eigenvalue weighted by atomic mass is 10.3. The molecule has 0 radical (unpaired) electrons. The average Bonchev–Trinajstić information content (AvgIpc) is 2.80. The van der Waals surface area contributed by atoms with Gasteiger partial charge in [0.05, 0.1) is 17.3 Å². The number of nitrogens with one attached hydrogen (secondary N) is 1. The topological polar surface area (TPSA) is 75.4 Å². The minimum Gasteiger partial charge on any atom is -0.476 e. The third-order valence-corrected chi connectivity index (χ3v) is 2.47. The Labute approximate surface area is 106 Å². The van der Waals surface area contributed by atoms with Crippen LogP contribution in [0.1, 0.15) is 16.2 Å². The Morgan fingerprint density at radius 3 is 3.00 bits per heavy atom. The molecule has 1 aromatic carbocycles. The first-order valence-electron chi connectivity index (χ1n) is 4.94. The van der Waals surface area contributed by atoms with Crippen molar-refractivity contribution in [3.8, 4) is 0 Å². The van der Waals surface area contributed by atoms with Gasteiger partial charge in [-0.1, -0.05) is 22.8 Å². The fourth-order valence-electron chi connectivity index (χ4n) is 1.32. The third kappa shape index (κ3) is 2.60. The van der Waals surface area contributed by atoms with E-state index in [1.165, 1.54) is 18.2 Å². The van der Waals surface area contributed by atoms with Crippen molar-refractivity contribution in [2.75, 3.05) is 5.32 Å². The molecule has 5 nitrogen and oxygen atoms in total. The molecule has 0 fully saturated rings. The number of hydrogen-bond acceptors (Lipinski definition) is 4. The number of carboxylic acids is 1. The predicted octanol–water partition coefficient (Wildman–Crippen LogP) is 2.78. The molecule has 0 atom stereocenters. The highest BCUT2D eigenvalue weighted by atomic mass is 35.5. The van der Waals surface area contributed by atoms with E-state index >= 15 is 0 Å². The van der Waals surface area contributed by atoms with Crippen molar-refractivity contribution in [2.24, 2.45) is 0 Å². The van der Waals surface area contributed by atoms with Crippen LogP contribution in [-0.4, -0.2) is 16.2 Å². The predicted molar refractivity (Wildman–Crippen MR) is 62.2 cm³/mol. The molecule has 7 heteroatoms. The van der Waals surface area contributed by atoms with E-state index in [0.29, 0.717) is 0 Å². The number of aromatic carboxylic acids is 1. The van der Waals surface area contributed by atoms with E-state index in [-0.39, 0.29) is 28.7 Å². The van der Waals surface area contributed by atoms with Crippen molar-refractivity contribution in [1.29, 1.82) is 0 Å². The lowest BCUT2D eigenvalue weighted by Crippen LogP contribution is -2.01. The van der Waals surface area contributed by atoms with Crippen LogP contribution in [0.2, 0.25) is 5.02 Å². The summed E-state index contributed by atoms with van der Waals surface area (Å²) in [7, 11) is 0. The van der Waals surface area contributed by atoms with E-state index in [1.54, 1.807) is 6.07 Å². The summed E-state index contributed by atoms with van der Waals surface area (Å²) >= 11 is 5.61. The molecule has 0 amide bonds. The molecule has 0 unspecified atom stereocenters. The van der Waals surface area contributed by atoms with Crippen LogP contribution in [0.3, 0.4) is 0 Å². The van der Waals surface area contributed by atoms with Gasteiger partial charge < -0.3 is 14.9 Å². The molecule has 2 N–H and O–H groups in total. The monoisotopic (exact) mass is 270 g/mol. The molecule has 18 heavy (non-hydrogen) atoms. The smallest absolute Gasteiger partial charge is 0.358 e. The highest BCUT2D eigenvalue weighted by Crippen LogP contribution is 2.22. The van der Waals surface area contributed by atoms with Gasteiger partial charge in [0, 0.05) is 6.07 Å². The Morgan fingerprint density at radius 1 is 1.56 bits per heavy atom. The standard InChI is InChI=1S/C11H8ClFN2O3/c12-7-2-1-3-8(10(7)13)14-5-6-4-9(11(16)17)15-18-6/h1-4,14H,5H2,(H,16,17). The largest absolute Gasteiger partial charge is 0.476 e. The minimum absolute atomic E-state index is 0.00351. The van der Waals surface area contributed by atoms with Crippen LogP contribution in [0.4, 0.5) is 10.1 Å². The lowest BCUT2D eigenvalue weighted by Gasteiger charge is -2.05. The van der Waals surface area contributed by atoms with E-state index < -0.39 is 11.8 Å². The number of nitrogens with zero attached hydrogens (tertiary/aromatic N) is 1. The molecule has 0 aliphatic rings. The summed E-state index contributed by atoms with van der Waals surface area (Å²) in [6, 6.07) is 5.79. The summed E-state index contributed by atoms with van der Waals surface area (Å²) in [6.07, 6.45) is 0. The number of rotatable bonds is 4. The van der Waals surface area contributed by atoms with Crippen LogP contribution in [0.5, 0.6) is 0 Å². The number of benzene rings is 1. The van der Waals surface area contributed by atoms with Gasteiger partial charge in [-0.2, -0.15) is 0 Å². The maximum Gasteiger partial charge on any atom is 0.358 e. The van der Waals surface area contributed by atoms with Crippen molar-refractivity contribution in [1.82, 2.24) is 5.16 Å². The molecule has 2 rings (SSSR count). The van der Waals surface area contributed by atoms with Gasteiger partial charge >= 0.3 is 5.97 Å². The fraction of sp³-hybridized carbons (Fsp3) is 0.0909. The highest BCUT2D eigenvalue weighted by molar-refractivity contribution is 6.31. The van der Waals surface area contributed by atoms with E-state index in [1.807, 2.05) is 0 Å². The first-order chi connectivity index (χ1) is 8.58. The van der Waals surface area contributed by atoms with E-state index in [0.717, 1.165) is 0 Å². The Hall–Kier alpha value is -2.08. The summed E-state index contributed by atoms with van der Waals surface area (Å²) in [5.74, 6) is -1.47. The number of anilines is 1. The number of aromatic nitrogens is 1. The van der Waals surface area contributed by atoms with Gasteiger partial charge in [0.15, 0.2) is 17.3 Å². The van der Waals surface area contributed by atoms with Crippen LogP contribution < -0.4 is 5.32 Å². The van der Waals surface area contributed by atoms with Crippen molar-refractivity contribution in [2.45, 2.75) is 6.54 Å². The quantitative estimate of drug-likeness (QED) is 0.893. The lowest BCUT2D eigenvalue weighted by molar-refractivity contribution is 0.0685. The van der Waals surface area contributed by atoms with Gasteiger partial charge in [0.2, 0.25) is 0 Å². The zero-order valence-corrected chi connectivity index (χ0v) is 9.74. The Bertz CT molecular complexity index is 585. The first-order valence-corrected chi connectivity index (χ1v) is 5.32. The summed E-state index contributed by atoms with van der Waals surface area (Å²) in [5.41, 5.74) is 0.00846. The molecule has 1 aromatic heterocycles. The second-order valence-corrected chi connectivity index (χ2v) is 3.85. The number of carbonyl (C=O) groups is 1. The molecule has 94 valence electrons. The summed E-state index contributed by atoms with van der Waals surface area (Å²) in [4.78, 5) is 10.6. The first kappa shape index (κ1) is 12.4. The molecule has 2 aromatic rings. The van der Waals surface area contributed by atoms with Crippen molar-refractivity contribution >= 4 is 23.3 Å². The van der Waals surface area contributed by atoms with Gasteiger partial charge in [0.1, 0.15) is 0 Å². The molecule has 0 aliphatic heterocycles. The highest BCUT2D eigenvalue weighted by Gasteiger charge is 2.11. The number of halogens is 2. The Morgan fingerprint density at radius 2 is 2.33 bits per heavy atom. The van der Waals surface area contributed by atoms with E-state index in [9.17, 15) is 9.18 Å². The zero-order valence-electron chi connectivity index (χ0n) is 8.98. The molecule has 0 bridgehead atoms. The van der Waals surface area contributed by atoms with Gasteiger partial charge in [-0.25, -0.2) is 9.18 Å². The second-order valence-electron chi connectivity index (χ2n) is 3.44. The van der Waals surface area contributed by atoms with Crippen LogP contribution in [0.25, 0.3) is 0 Å². The third-order valence-electron chi connectivity index (χ3n) is 2.18. The van der Waals surface area contributed by atoms with E-state index in [2.05, 4.69) is 10.5 Å². The zero-order chi connectivity index (χ0) is 13.1. The maximum atomic E-state index is 13.5. The second kappa shape index (κ2) is 5.05. The van der Waals surface area contributed by atoms with Crippen molar-refractivity contribution in [3.63, 3.8) is 0 Å². The van der Waals surface area contributed by atoms with E-state index in [4.69, 9.17) is 21.2 Å². The fourth-order valence-corrected chi connectivity index (χ4v) is 1.49. The molecular formula is C11H8ClFN2O3. The molecular weight excluding hydrogens is 263 g/mol. The molecule has 0 spiro atoms. The van der Waals surface area contributed by atoms with Crippen molar-refractivity contribution < 1.29 is 18.8 Å². The van der Waals surface area contributed by atoms with Crippen LogP contribution >= 0.6 is 11.6 Å². The minimum atomic E-state index is -1.18. The van der Waals surface area contributed by atoms with Crippen LogP contribution in [-0.2, 0) is 6.54 Å². The average molecular weight is 271 g/mol. The Balaban J connectivity index is 2.07. The summed E-state index contributed by atoms with van der Waals surface area (Å²) in [5, 5.41) is 14.7. The van der Waals surface area contributed by atoms with Crippen LogP contribution in [0.15, 0.2) is 28.8 Å². The normalized spacial score (nSPS) is 10.3.